The SMILES string of the molecule is COc1ccc(C)cc1NC(=O)Cn1nc(-c2ccc(C)cc2)ccc1=O. The number of hydrogen-bond donors (Lipinski definition) is 1. The van der Waals surface area contributed by atoms with Crippen LogP contribution in [0.2, 0.25) is 0 Å². The van der Waals surface area contributed by atoms with E-state index in [2.05, 4.69) is 10.4 Å². The van der Waals surface area contributed by atoms with Crippen molar-refractivity contribution in [3.8, 4) is 17.0 Å². The average Bonchev–Trinajstić information content (AvgIpc) is 2.64. The van der Waals surface area contributed by atoms with E-state index in [1.165, 1.54) is 13.2 Å². The Morgan fingerprint density at radius 2 is 1.74 bits per heavy atom. The predicted molar refractivity (Wildman–Crippen MR) is 105 cm³/mol. The van der Waals surface area contributed by atoms with Crippen LogP contribution in [-0.4, -0.2) is 22.8 Å². The fourth-order valence-corrected chi connectivity index (χ4v) is 2.69. The molecular formula is C21H21N3O3. The van der Waals surface area contributed by atoms with Crippen LogP contribution in [0.5, 0.6) is 5.75 Å². The highest BCUT2D eigenvalue weighted by atomic mass is 16.5. The first-order chi connectivity index (χ1) is 13.0. The van der Waals surface area contributed by atoms with Crippen molar-refractivity contribution < 1.29 is 9.53 Å². The third-order valence-electron chi connectivity index (χ3n) is 4.14. The summed E-state index contributed by atoms with van der Waals surface area (Å²) in [5, 5.41) is 7.11. The molecule has 0 atom stereocenters. The second-order valence-corrected chi connectivity index (χ2v) is 6.33. The molecule has 1 heterocycles. The Kier molecular flexibility index (Phi) is 5.35. The van der Waals surface area contributed by atoms with Crippen LogP contribution < -0.4 is 15.6 Å². The standard InChI is InChI=1S/C21H21N3O3/c1-14-4-7-16(8-5-14)17-9-11-21(26)24(23-17)13-20(25)22-18-12-15(2)6-10-19(18)27-3/h4-12H,13H2,1-3H3,(H,22,25). The van der Waals surface area contributed by atoms with Crippen molar-refractivity contribution in [3.63, 3.8) is 0 Å². The smallest absolute Gasteiger partial charge is 0.267 e. The summed E-state index contributed by atoms with van der Waals surface area (Å²) in [5.41, 5.74) is 3.87. The van der Waals surface area contributed by atoms with E-state index in [-0.39, 0.29) is 18.0 Å². The van der Waals surface area contributed by atoms with E-state index in [9.17, 15) is 9.59 Å². The van der Waals surface area contributed by atoms with E-state index in [4.69, 9.17) is 4.74 Å². The van der Waals surface area contributed by atoms with Crippen molar-refractivity contribution in [2.45, 2.75) is 20.4 Å². The fourth-order valence-electron chi connectivity index (χ4n) is 2.69. The van der Waals surface area contributed by atoms with Crippen LogP contribution in [0, 0.1) is 13.8 Å². The van der Waals surface area contributed by atoms with Crippen molar-refractivity contribution in [1.82, 2.24) is 9.78 Å². The van der Waals surface area contributed by atoms with Crippen LogP contribution >= 0.6 is 0 Å². The maximum absolute atomic E-state index is 12.4. The number of aromatic nitrogens is 2. The second kappa shape index (κ2) is 7.86. The lowest BCUT2D eigenvalue weighted by atomic mass is 10.1. The molecule has 0 spiro atoms. The number of benzene rings is 2. The van der Waals surface area contributed by atoms with Gasteiger partial charge in [0.25, 0.3) is 5.56 Å². The van der Waals surface area contributed by atoms with Gasteiger partial charge in [0.05, 0.1) is 18.5 Å². The van der Waals surface area contributed by atoms with Crippen molar-refractivity contribution >= 4 is 11.6 Å². The van der Waals surface area contributed by atoms with Gasteiger partial charge in [0.1, 0.15) is 12.3 Å². The molecule has 0 aliphatic carbocycles. The predicted octanol–water partition coefficient (Wildman–Crippen LogP) is 3.17. The first-order valence-electron chi connectivity index (χ1n) is 8.56. The number of hydrogen-bond acceptors (Lipinski definition) is 4. The number of nitrogens with zero attached hydrogens (tertiary/aromatic N) is 2. The number of aryl methyl sites for hydroxylation is 2. The van der Waals surface area contributed by atoms with E-state index >= 15 is 0 Å². The highest BCUT2D eigenvalue weighted by molar-refractivity contribution is 5.92. The van der Waals surface area contributed by atoms with Gasteiger partial charge in [-0.3, -0.25) is 9.59 Å². The molecule has 0 bridgehead atoms. The number of rotatable bonds is 5. The fraction of sp³-hybridized carbons (Fsp3) is 0.190. The van der Waals surface area contributed by atoms with Crippen LogP contribution in [0.1, 0.15) is 11.1 Å². The molecule has 2 aromatic carbocycles. The molecular weight excluding hydrogens is 342 g/mol. The van der Waals surface area contributed by atoms with E-state index in [1.54, 1.807) is 12.1 Å². The topological polar surface area (TPSA) is 73.2 Å². The minimum absolute atomic E-state index is 0.185. The van der Waals surface area contributed by atoms with Gasteiger partial charge in [-0.05, 0) is 37.6 Å². The largest absolute Gasteiger partial charge is 0.495 e. The number of nitrogens with one attached hydrogen (secondary N) is 1. The molecule has 1 amide bonds. The lowest BCUT2D eigenvalue weighted by Gasteiger charge is -2.12. The molecule has 6 nitrogen and oxygen atoms in total. The van der Waals surface area contributed by atoms with Gasteiger partial charge in [-0.25, -0.2) is 4.68 Å². The minimum Gasteiger partial charge on any atom is -0.495 e. The summed E-state index contributed by atoms with van der Waals surface area (Å²) in [6, 6.07) is 16.4. The molecule has 0 fully saturated rings. The molecule has 0 saturated heterocycles. The lowest BCUT2D eigenvalue weighted by molar-refractivity contribution is -0.117. The normalized spacial score (nSPS) is 10.5. The molecule has 0 radical (unpaired) electrons. The van der Waals surface area contributed by atoms with E-state index in [0.717, 1.165) is 21.4 Å². The molecule has 0 aliphatic heterocycles. The zero-order valence-corrected chi connectivity index (χ0v) is 15.5. The molecule has 0 unspecified atom stereocenters. The molecule has 0 aliphatic rings. The molecule has 1 aromatic heterocycles. The molecule has 138 valence electrons. The Morgan fingerprint density at radius 3 is 2.44 bits per heavy atom. The molecule has 3 rings (SSSR count). The summed E-state index contributed by atoms with van der Waals surface area (Å²) >= 11 is 0. The van der Waals surface area contributed by atoms with E-state index in [1.807, 2.05) is 50.2 Å². The minimum atomic E-state index is -0.352. The number of carbonyl (C=O) groups excluding carboxylic acids is 1. The zero-order valence-electron chi connectivity index (χ0n) is 15.5. The Morgan fingerprint density at radius 1 is 1.04 bits per heavy atom. The van der Waals surface area contributed by atoms with Gasteiger partial charge in [0.15, 0.2) is 0 Å². The first kappa shape index (κ1) is 18.4. The van der Waals surface area contributed by atoms with Gasteiger partial charge in [-0.1, -0.05) is 35.9 Å². The zero-order chi connectivity index (χ0) is 19.4. The Bertz CT molecular complexity index is 1020. The molecule has 1 N–H and O–H groups in total. The van der Waals surface area contributed by atoms with Crippen molar-refractivity contribution in [1.29, 1.82) is 0 Å². The van der Waals surface area contributed by atoms with Crippen molar-refractivity contribution in [3.05, 3.63) is 76.1 Å². The van der Waals surface area contributed by atoms with Crippen LogP contribution in [0.3, 0.4) is 0 Å². The first-order valence-corrected chi connectivity index (χ1v) is 8.56. The number of anilines is 1. The number of carbonyl (C=O) groups is 1. The monoisotopic (exact) mass is 363 g/mol. The summed E-state index contributed by atoms with van der Waals surface area (Å²) in [4.78, 5) is 24.6. The van der Waals surface area contributed by atoms with Crippen molar-refractivity contribution in [2.75, 3.05) is 12.4 Å². The molecule has 27 heavy (non-hydrogen) atoms. The van der Waals surface area contributed by atoms with Gasteiger partial charge >= 0.3 is 0 Å². The average molecular weight is 363 g/mol. The summed E-state index contributed by atoms with van der Waals surface area (Å²) in [5.74, 6) is 0.206. The number of ether oxygens (including phenoxy) is 1. The van der Waals surface area contributed by atoms with Gasteiger partial charge in [-0.2, -0.15) is 5.10 Å². The van der Waals surface area contributed by atoms with Crippen LogP contribution in [0.4, 0.5) is 5.69 Å². The van der Waals surface area contributed by atoms with Crippen LogP contribution in [0.25, 0.3) is 11.3 Å². The van der Waals surface area contributed by atoms with Gasteiger partial charge in [0.2, 0.25) is 5.91 Å². The maximum Gasteiger partial charge on any atom is 0.267 e. The van der Waals surface area contributed by atoms with Gasteiger partial charge in [0, 0.05) is 11.6 Å². The summed E-state index contributed by atoms with van der Waals surface area (Å²) in [6.07, 6.45) is 0. The maximum atomic E-state index is 12.4. The van der Waals surface area contributed by atoms with Gasteiger partial charge < -0.3 is 10.1 Å². The summed E-state index contributed by atoms with van der Waals surface area (Å²) < 4.78 is 6.42. The van der Waals surface area contributed by atoms with Crippen LogP contribution in [-0.2, 0) is 11.3 Å². The number of amides is 1. The van der Waals surface area contributed by atoms with E-state index in [0.29, 0.717) is 17.1 Å². The second-order valence-electron chi connectivity index (χ2n) is 6.33. The Hall–Kier alpha value is -3.41. The van der Waals surface area contributed by atoms with Gasteiger partial charge in [-0.15, -0.1) is 0 Å². The summed E-state index contributed by atoms with van der Waals surface area (Å²) in [7, 11) is 1.54. The van der Waals surface area contributed by atoms with Crippen molar-refractivity contribution in [2.24, 2.45) is 0 Å². The third kappa shape index (κ3) is 4.41. The number of methoxy groups -OCH3 is 1. The molecule has 6 heteroatoms. The highest BCUT2D eigenvalue weighted by Gasteiger charge is 2.11. The molecule has 0 saturated carbocycles. The molecule has 3 aromatic rings. The van der Waals surface area contributed by atoms with Crippen LogP contribution in [0.15, 0.2) is 59.4 Å². The highest BCUT2D eigenvalue weighted by Crippen LogP contribution is 2.25. The lowest BCUT2D eigenvalue weighted by Crippen LogP contribution is -2.29. The van der Waals surface area contributed by atoms with E-state index < -0.39 is 0 Å². The Balaban J connectivity index is 1.82. The summed E-state index contributed by atoms with van der Waals surface area (Å²) in [6.45, 7) is 3.74. The quantitative estimate of drug-likeness (QED) is 0.756. The Labute approximate surface area is 157 Å². The third-order valence-corrected chi connectivity index (χ3v) is 4.14.